The van der Waals surface area contributed by atoms with Crippen LogP contribution in [0.4, 0.5) is 0 Å². The average Bonchev–Trinajstić information content (AvgIpc) is 2.28. The highest BCUT2D eigenvalue weighted by Crippen LogP contribution is 2.14. The van der Waals surface area contributed by atoms with Crippen molar-refractivity contribution in [3.05, 3.63) is 34.9 Å². The molecule has 0 saturated carbocycles. The Labute approximate surface area is 103 Å². The minimum absolute atomic E-state index is 0.00440. The van der Waals surface area contributed by atoms with E-state index in [1.54, 1.807) is 4.90 Å². The Morgan fingerprint density at radius 2 is 2.00 bits per heavy atom. The molecular weight excluding hydrogens is 214 g/mol. The summed E-state index contributed by atoms with van der Waals surface area (Å²) in [6, 6.07) is 5.96. The van der Waals surface area contributed by atoms with E-state index in [1.165, 1.54) is 0 Å². The molecule has 94 valence electrons. The number of hydrogen-bond acceptors (Lipinski definition) is 2. The highest BCUT2D eigenvalue weighted by Gasteiger charge is 2.19. The molecule has 17 heavy (non-hydrogen) atoms. The van der Waals surface area contributed by atoms with Gasteiger partial charge in [0.15, 0.2) is 0 Å². The molecule has 0 bridgehead atoms. The van der Waals surface area contributed by atoms with Crippen molar-refractivity contribution in [2.45, 2.75) is 33.7 Å². The molecule has 0 heterocycles. The van der Waals surface area contributed by atoms with Crippen molar-refractivity contribution in [1.82, 2.24) is 4.90 Å². The van der Waals surface area contributed by atoms with E-state index in [2.05, 4.69) is 0 Å². The van der Waals surface area contributed by atoms with E-state index in [1.807, 2.05) is 45.9 Å². The number of aliphatic hydroxyl groups excluding tert-OH is 1. The molecule has 1 aromatic rings. The van der Waals surface area contributed by atoms with Gasteiger partial charge in [-0.1, -0.05) is 17.7 Å². The van der Waals surface area contributed by atoms with Crippen molar-refractivity contribution >= 4 is 5.91 Å². The minimum atomic E-state index is -0.00518. The molecule has 3 heteroatoms. The van der Waals surface area contributed by atoms with Crippen LogP contribution in [-0.2, 0) is 0 Å². The predicted octanol–water partition coefficient (Wildman–Crippen LogP) is 2.15. The Bertz CT molecular complexity index is 399. The third-order valence-electron chi connectivity index (χ3n) is 2.85. The van der Waals surface area contributed by atoms with Crippen molar-refractivity contribution in [1.29, 1.82) is 0 Å². The molecule has 0 saturated heterocycles. The van der Waals surface area contributed by atoms with Crippen LogP contribution in [-0.4, -0.2) is 35.1 Å². The van der Waals surface area contributed by atoms with Gasteiger partial charge in [0.25, 0.3) is 5.91 Å². The van der Waals surface area contributed by atoms with E-state index in [-0.39, 0.29) is 18.6 Å². The zero-order valence-corrected chi connectivity index (χ0v) is 11.0. The molecule has 1 aromatic carbocycles. The summed E-state index contributed by atoms with van der Waals surface area (Å²) in [5.41, 5.74) is 2.78. The molecule has 0 spiro atoms. The molecule has 0 fully saturated rings. The van der Waals surface area contributed by atoms with Crippen molar-refractivity contribution in [2.75, 3.05) is 13.2 Å². The van der Waals surface area contributed by atoms with Crippen LogP contribution in [0.15, 0.2) is 18.2 Å². The van der Waals surface area contributed by atoms with Crippen molar-refractivity contribution in [3.8, 4) is 0 Å². The van der Waals surface area contributed by atoms with Gasteiger partial charge in [-0.2, -0.15) is 0 Å². The number of aliphatic hydroxyl groups is 1. The number of nitrogens with zero attached hydrogens (tertiary/aromatic N) is 1. The second kappa shape index (κ2) is 5.82. The van der Waals surface area contributed by atoms with Gasteiger partial charge in [-0.15, -0.1) is 0 Å². The van der Waals surface area contributed by atoms with Crippen molar-refractivity contribution in [3.63, 3.8) is 0 Å². The maximum Gasteiger partial charge on any atom is 0.254 e. The normalized spacial score (nSPS) is 10.7. The fourth-order valence-corrected chi connectivity index (χ4v) is 1.82. The van der Waals surface area contributed by atoms with Crippen LogP contribution >= 0.6 is 0 Å². The van der Waals surface area contributed by atoms with E-state index in [4.69, 9.17) is 5.11 Å². The van der Waals surface area contributed by atoms with E-state index >= 15 is 0 Å². The first kappa shape index (κ1) is 13.7. The summed E-state index contributed by atoms with van der Waals surface area (Å²) >= 11 is 0. The first-order valence-corrected chi connectivity index (χ1v) is 5.96. The predicted molar refractivity (Wildman–Crippen MR) is 69.2 cm³/mol. The molecule has 0 aliphatic rings. The number of carbonyl (C=O) groups excluding carboxylic acids is 1. The quantitative estimate of drug-likeness (QED) is 0.868. The monoisotopic (exact) mass is 235 g/mol. The van der Waals surface area contributed by atoms with Gasteiger partial charge >= 0.3 is 0 Å². The molecule has 1 amide bonds. The molecular formula is C14H21NO2. The summed E-state index contributed by atoms with van der Waals surface area (Å²) in [6.07, 6.45) is 0. The number of rotatable bonds is 4. The second-order valence-corrected chi connectivity index (χ2v) is 4.63. The molecule has 0 aliphatic heterocycles. The Balaban J connectivity index is 3.04. The Kier molecular flexibility index (Phi) is 4.70. The fourth-order valence-electron chi connectivity index (χ4n) is 1.82. The largest absolute Gasteiger partial charge is 0.395 e. The number of benzene rings is 1. The van der Waals surface area contributed by atoms with Crippen LogP contribution in [0.25, 0.3) is 0 Å². The van der Waals surface area contributed by atoms with Gasteiger partial charge in [-0.3, -0.25) is 4.79 Å². The summed E-state index contributed by atoms with van der Waals surface area (Å²) in [5.74, 6) is -0.00440. The molecule has 0 unspecified atom stereocenters. The Morgan fingerprint density at radius 3 is 2.53 bits per heavy atom. The lowest BCUT2D eigenvalue weighted by Gasteiger charge is -2.26. The summed E-state index contributed by atoms with van der Waals surface area (Å²) in [5, 5.41) is 9.01. The van der Waals surface area contributed by atoms with Gasteiger partial charge in [0.1, 0.15) is 0 Å². The lowest BCUT2D eigenvalue weighted by molar-refractivity contribution is 0.0664. The molecule has 0 aromatic heterocycles. The number of aryl methyl sites for hydroxylation is 2. The lowest BCUT2D eigenvalue weighted by Crippen LogP contribution is -2.39. The summed E-state index contributed by atoms with van der Waals surface area (Å²) in [6.45, 7) is 8.20. The number of hydrogen-bond donors (Lipinski definition) is 1. The van der Waals surface area contributed by atoms with Gasteiger partial charge in [0.2, 0.25) is 0 Å². The first-order valence-electron chi connectivity index (χ1n) is 5.96. The first-order chi connectivity index (χ1) is 7.97. The summed E-state index contributed by atoms with van der Waals surface area (Å²) in [7, 11) is 0. The van der Waals surface area contributed by atoms with Crippen LogP contribution in [0.5, 0.6) is 0 Å². The van der Waals surface area contributed by atoms with Crippen molar-refractivity contribution in [2.24, 2.45) is 0 Å². The van der Waals surface area contributed by atoms with Crippen LogP contribution in [0.2, 0.25) is 0 Å². The summed E-state index contributed by atoms with van der Waals surface area (Å²) in [4.78, 5) is 14.1. The van der Waals surface area contributed by atoms with Crippen LogP contribution in [0.1, 0.15) is 35.3 Å². The molecule has 0 radical (unpaired) electrons. The molecule has 0 atom stereocenters. The third kappa shape index (κ3) is 3.30. The van der Waals surface area contributed by atoms with Crippen LogP contribution < -0.4 is 0 Å². The molecule has 1 N–H and O–H groups in total. The summed E-state index contributed by atoms with van der Waals surface area (Å²) < 4.78 is 0. The molecule has 3 nitrogen and oxygen atoms in total. The van der Waals surface area contributed by atoms with Gasteiger partial charge in [0.05, 0.1) is 6.61 Å². The number of carbonyl (C=O) groups is 1. The average molecular weight is 235 g/mol. The molecule has 1 rings (SSSR count). The maximum atomic E-state index is 12.4. The Hall–Kier alpha value is -1.35. The van der Waals surface area contributed by atoms with Gasteiger partial charge in [0, 0.05) is 18.2 Å². The van der Waals surface area contributed by atoms with E-state index in [9.17, 15) is 4.79 Å². The zero-order valence-electron chi connectivity index (χ0n) is 11.0. The highest BCUT2D eigenvalue weighted by molar-refractivity contribution is 5.96. The minimum Gasteiger partial charge on any atom is -0.395 e. The van der Waals surface area contributed by atoms with Gasteiger partial charge in [-0.05, 0) is 39.3 Å². The van der Waals surface area contributed by atoms with Crippen LogP contribution in [0.3, 0.4) is 0 Å². The topological polar surface area (TPSA) is 40.5 Å². The maximum absolute atomic E-state index is 12.4. The molecule has 0 aliphatic carbocycles. The van der Waals surface area contributed by atoms with E-state index in [0.29, 0.717) is 6.54 Å². The standard InChI is InChI=1S/C14H21NO2/c1-10(2)15(7-8-16)14(17)13-9-11(3)5-6-12(13)4/h5-6,9-10,16H,7-8H2,1-4H3. The fraction of sp³-hybridized carbons (Fsp3) is 0.500. The third-order valence-corrected chi connectivity index (χ3v) is 2.85. The Morgan fingerprint density at radius 1 is 1.35 bits per heavy atom. The van der Waals surface area contributed by atoms with Crippen molar-refractivity contribution < 1.29 is 9.90 Å². The number of amides is 1. The van der Waals surface area contributed by atoms with Gasteiger partial charge < -0.3 is 10.0 Å². The smallest absolute Gasteiger partial charge is 0.254 e. The van der Waals surface area contributed by atoms with Gasteiger partial charge in [-0.25, -0.2) is 0 Å². The van der Waals surface area contributed by atoms with E-state index in [0.717, 1.165) is 16.7 Å². The van der Waals surface area contributed by atoms with E-state index < -0.39 is 0 Å². The highest BCUT2D eigenvalue weighted by atomic mass is 16.3. The second-order valence-electron chi connectivity index (χ2n) is 4.63. The lowest BCUT2D eigenvalue weighted by atomic mass is 10.0. The van der Waals surface area contributed by atoms with Crippen LogP contribution in [0, 0.1) is 13.8 Å². The zero-order chi connectivity index (χ0) is 13.0. The SMILES string of the molecule is Cc1ccc(C)c(C(=O)N(CCO)C(C)C)c1.